The minimum absolute atomic E-state index is 0.0546. The molecule has 0 unspecified atom stereocenters. The highest BCUT2D eigenvalue weighted by Crippen LogP contribution is 2.53. The van der Waals surface area contributed by atoms with Gasteiger partial charge in [-0.2, -0.15) is 0 Å². The average Bonchev–Trinajstić information content (AvgIpc) is 2.97. The SMILES string of the molecule is CC(=O)N1CCc2c1cccc2C1(CC(=O)O)CC1. The lowest BCUT2D eigenvalue weighted by Gasteiger charge is -2.19. The monoisotopic (exact) mass is 259 g/mol. The van der Waals surface area contributed by atoms with Crippen LogP contribution in [0.1, 0.15) is 37.3 Å². The van der Waals surface area contributed by atoms with Gasteiger partial charge in [0.2, 0.25) is 5.91 Å². The zero-order valence-corrected chi connectivity index (χ0v) is 11.0. The Balaban J connectivity index is 2.02. The summed E-state index contributed by atoms with van der Waals surface area (Å²) in [4.78, 5) is 24.4. The molecule has 0 spiro atoms. The second kappa shape index (κ2) is 4.08. The van der Waals surface area contributed by atoms with Gasteiger partial charge in [0.1, 0.15) is 0 Å². The van der Waals surface area contributed by atoms with Gasteiger partial charge in [0.25, 0.3) is 0 Å². The number of carboxylic acids is 1. The lowest BCUT2D eigenvalue weighted by Crippen LogP contribution is -2.25. The van der Waals surface area contributed by atoms with E-state index < -0.39 is 5.97 Å². The molecule has 1 fully saturated rings. The number of benzene rings is 1. The summed E-state index contributed by atoms with van der Waals surface area (Å²) in [5, 5.41) is 9.07. The third kappa shape index (κ3) is 1.91. The molecule has 0 saturated heterocycles. The van der Waals surface area contributed by atoms with Gasteiger partial charge in [-0.25, -0.2) is 0 Å². The molecule has 1 N–H and O–H groups in total. The Kier molecular flexibility index (Phi) is 2.62. The van der Waals surface area contributed by atoms with Gasteiger partial charge < -0.3 is 10.0 Å². The van der Waals surface area contributed by atoms with Gasteiger partial charge in [-0.05, 0) is 36.5 Å². The number of carboxylic acid groups (broad SMARTS) is 1. The molecule has 0 bridgehead atoms. The number of hydrogen-bond donors (Lipinski definition) is 1. The molecule has 1 saturated carbocycles. The zero-order valence-electron chi connectivity index (χ0n) is 11.0. The second-order valence-corrected chi connectivity index (χ2v) is 5.57. The quantitative estimate of drug-likeness (QED) is 0.904. The molecule has 0 aromatic heterocycles. The standard InChI is InChI=1S/C15H17NO3/c1-10(17)16-8-5-11-12(3-2-4-13(11)16)15(6-7-15)9-14(18)19/h2-4H,5-9H2,1H3,(H,18,19). The first-order valence-electron chi connectivity index (χ1n) is 6.66. The number of carbonyl (C=O) groups excluding carboxylic acids is 1. The maximum Gasteiger partial charge on any atom is 0.304 e. The van der Waals surface area contributed by atoms with Gasteiger partial charge in [-0.3, -0.25) is 9.59 Å². The fourth-order valence-corrected chi connectivity index (χ4v) is 3.24. The summed E-state index contributed by atoms with van der Waals surface area (Å²) in [5.41, 5.74) is 3.12. The van der Waals surface area contributed by atoms with Crippen LogP contribution in [0.2, 0.25) is 0 Å². The Morgan fingerprint density at radius 2 is 2.11 bits per heavy atom. The summed E-state index contributed by atoms with van der Waals surface area (Å²) in [6, 6.07) is 5.94. The summed E-state index contributed by atoms with van der Waals surface area (Å²) >= 11 is 0. The number of hydrogen-bond acceptors (Lipinski definition) is 2. The van der Waals surface area contributed by atoms with E-state index in [1.807, 2.05) is 18.2 Å². The van der Waals surface area contributed by atoms with Crippen LogP contribution in [0.4, 0.5) is 5.69 Å². The molecule has 4 nitrogen and oxygen atoms in total. The fourth-order valence-electron chi connectivity index (χ4n) is 3.24. The zero-order chi connectivity index (χ0) is 13.6. The lowest BCUT2D eigenvalue weighted by molar-refractivity contribution is -0.137. The number of rotatable bonds is 3. The number of carbonyl (C=O) groups is 2. The number of anilines is 1. The smallest absolute Gasteiger partial charge is 0.304 e. The first-order valence-corrected chi connectivity index (χ1v) is 6.66. The van der Waals surface area contributed by atoms with Crippen molar-refractivity contribution in [3.05, 3.63) is 29.3 Å². The van der Waals surface area contributed by atoms with Crippen LogP contribution in [0, 0.1) is 0 Å². The van der Waals surface area contributed by atoms with Crippen LogP contribution >= 0.6 is 0 Å². The maximum atomic E-state index is 11.6. The molecule has 4 heteroatoms. The van der Waals surface area contributed by atoms with E-state index in [1.165, 1.54) is 5.56 Å². The predicted octanol–water partition coefficient (Wildman–Crippen LogP) is 2.10. The first kappa shape index (κ1) is 12.2. The number of aliphatic carboxylic acids is 1. The molecular weight excluding hydrogens is 242 g/mol. The van der Waals surface area contributed by atoms with E-state index in [2.05, 4.69) is 0 Å². The molecule has 19 heavy (non-hydrogen) atoms. The highest BCUT2D eigenvalue weighted by atomic mass is 16.4. The molecule has 1 aliphatic carbocycles. The Morgan fingerprint density at radius 1 is 1.37 bits per heavy atom. The van der Waals surface area contributed by atoms with Gasteiger partial charge in [-0.1, -0.05) is 12.1 Å². The summed E-state index contributed by atoms with van der Waals surface area (Å²) in [6.45, 7) is 2.29. The second-order valence-electron chi connectivity index (χ2n) is 5.57. The summed E-state index contributed by atoms with van der Waals surface area (Å²) in [7, 11) is 0. The van der Waals surface area contributed by atoms with Crippen molar-refractivity contribution in [2.75, 3.05) is 11.4 Å². The van der Waals surface area contributed by atoms with Crippen molar-refractivity contribution < 1.29 is 14.7 Å². The molecular formula is C15H17NO3. The van der Waals surface area contributed by atoms with Crippen molar-refractivity contribution in [2.45, 2.75) is 38.0 Å². The van der Waals surface area contributed by atoms with Crippen LogP contribution in [0.3, 0.4) is 0 Å². The number of amides is 1. The summed E-state index contributed by atoms with van der Waals surface area (Å²) in [5.74, 6) is -0.685. The minimum atomic E-state index is -0.739. The van der Waals surface area contributed by atoms with E-state index in [0.29, 0.717) is 6.54 Å². The van der Waals surface area contributed by atoms with Gasteiger partial charge in [0, 0.05) is 24.6 Å². The van der Waals surface area contributed by atoms with Crippen LogP contribution in [0.25, 0.3) is 0 Å². The van der Waals surface area contributed by atoms with E-state index in [4.69, 9.17) is 5.11 Å². The van der Waals surface area contributed by atoms with Crippen molar-refractivity contribution >= 4 is 17.6 Å². The minimum Gasteiger partial charge on any atom is -0.481 e. The Labute approximate surface area is 112 Å². The van der Waals surface area contributed by atoms with Crippen molar-refractivity contribution in [3.63, 3.8) is 0 Å². The molecule has 1 aliphatic heterocycles. The van der Waals surface area contributed by atoms with Crippen LogP contribution in [-0.4, -0.2) is 23.5 Å². The molecule has 1 heterocycles. The average molecular weight is 259 g/mol. The Hall–Kier alpha value is -1.84. The Morgan fingerprint density at radius 3 is 2.68 bits per heavy atom. The van der Waals surface area contributed by atoms with Crippen LogP contribution in [0.5, 0.6) is 0 Å². The third-order valence-electron chi connectivity index (χ3n) is 4.32. The van der Waals surface area contributed by atoms with Crippen molar-refractivity contribution in [2.24, 2.45) is 0 Å². The molecule has 2 aliphatic rings. The molecule has 0 radical (unpaired) electrons. The molecule has 100 valence electrons. The first-order chi connectivity index (χ1) is 9.03. The summed E-state index contributed by atoms with van der Waals surface area (Å²) in [6.07, 6.45) is 2.92. The van der Waals surface area contributed by atoms with Gasteiger partial charge in [0.05, 0.1) is 6.42 Å². The van der Waals surface area contributed by atoms with Gasteiger partial charge in [0.15, 0.2) is 0 Å². The highest BCUT2D eigenvalue weighted by molar-refractivity contribution is 5.94. The molecule has 1 aromatic carbocycles. The summed E-state index contributed by atoms with van der Waals surface area (Å²) < 4.78 is 0. The van der Waals surface area contributed by atoms with Gasteiger partial charge >= 0.3 is 5.97 Å². The number of nitrogens with zero attached hydrogens (tertiary/aromatic N) is 1. The Bertz CT molecular complexity index is 561. The van der Waals surface area contributed by atoms with Crippen LogP contribution in [0.15, 0.2) is 18.2 Å². The van der Waals surface area contributed by atoms with Crippen molar-refractivity contribution in [3.8, 4) is 0 Å². The molecule has 1 aromatic rings. The normalized spacial score (nSPS) is 19.1. The molecule has 1 amide bonds. The number of fused-ring (bicyclic) bond motifs is 1. The predicted molar refractivity (Wildman–Crippen MR) is 71.3 cm³/mol. The van der Waals surface area contributed by atoms with Crippen LogP contribution in [-0.2, 0) is 21.4 Å². The van der Waals surface area contributed by atoms with E-state index in [-0.39, 0.29) is 17.7 Å². The van der Waals surface area contributed by atoms with E-state index >= 15 is 0 Å². The molecule has 3 rings (SSSR count). The topological polar surface area (TPSA) is 57.6 Å². The van der Waals surface area contributed by atoms with Crippen molar-refractivity contribution in [1.82, 2.24) is 0 Å². The maximum absolute atomic E-state index is 11.6. The third-order valence-corrected chi connectivity index (χ3v) is 4.32. The van der Waals surface area contributed by atoms with Crippen molar-refractivity contribution in [1.29, 1.82) is 0 Å². The van der Waals surface area contributed by atoms with E-state index in [9.17, 15) is 9.59 Å². The fraction of sp³-hybridized carbons (Fsp3) is 0.467. The highest BCUT2D eigenvalue weighted by Gasteiger charge is 2.48. The van der Waals surface area contributed by atoms with Gasteiger partial charge in [-0.15, -0.1) is 0 Å². The van der Waals surface area contributed by atoms with E-state index in [1.54, 1.807) is 11.8 Å². The van der Waals surface area contributed by atoms with E-state index in [0.717, 1.165) is 30.5 Å². The lowest BCUT2D eigenvalue weighted by atomic mass is 9.87. The molecule has 0 atom stereocenters. The van der Waals surface area contributed by atoms with Crippen LogP contribution < -0.4 is 4.90 Å². The largest absolute Gasteiger partial charge is 0.481 e.